The number of fused-ring (bicyclic) bond motifs is 1. The van der Waals surface area contributed by atoms with Crippen molar-refractivity contribution in [3.8, 4) is 0 Å². The Labute approximate surface area is 96.0 Å². The van der Waals surface area contributed by atoms with Crippen molar-refractivity contribution >= 4 is 26.8 Å². The van der Waals surface area contributed by atoms with Crippen LogP contribution >= 0.6 is 15.9 Å². The fourth-order valence-electron chi connectivity index (χ4n) is 1.30. The first-order valence-electron chi connectivity index (χ1n) is 5.36. The van der Waals surface area contributed by atoms with Crippen molar-refractivity contribution < 1.29 is 17.3 Å². The molecule has 1 heterocycles. The molecule has 0 radical (unpaired) electrons. The molecular formula is C9H6BrF3N2. The molecule has 0 bridgehead atoms. The van der Waals surface area contributed by atoms with Crippen LogP contribution in [0.25, 0.3) is 10.9 Å². The standard InChI is InChI=1S/C9H6BrF3N2/c1-15-4-5-7(10)3-2-6(8(5)14-15)9(11,12)13/h2-4H,1H3/i1D3. The van der Waals surface area contributed by atoms with Crippen LogP contribution in [-0.4, -0.2) is 9.78 Å². The summed E-state index contributed by atoms with van der Waals surface area (Å²) in [4.78, 5) is 0. The van der Waals surface area contributed by atoms with Gasteiger partial charge in [0.25, 0.3) is 0 Å². The second-order valence-corrected chi connectivity index (χ2v) is 3.78. The van der Waals surface area contributed by atoms with Crippen LogP contribution in [0.2, 0.25) is 0 Å². The average Bonchev–Trinajstić information content (AvgIpc) is 2.60. The third-order valence-electron chi connectivity index (χ3n) is 1.93. The predicted molar refractivity (Wildman–Crippen MR) is 53.4 cm³/mol. The molecule has 80 valence electrons. The van der Waals surface area contributed by atoms with Gasteiger partial charge in [-0.2, -0.15) is 18.3 Å². The van der Waals surface area contributed by atoms with E-state index in [-0.39, 0.29) is 10.9 Å². The highest BCUT2D eigenvalue weighted by Gasteiger charge is 2.34. The lowest BCUT2D eigenvalue weighted by Crippen LogP contribution is -2.06. The molecule has 0 amide bonds. The molecular weight excluding hydrogens is 273 g/mol. The second kappa shape index (κ2) is 3.23. The number of alkyl halides is 3. The Morgan fingerprint density at radius 3 is 2.80 bits per heavy atom. The zero-order valence-corrected chi connectivity index (χ0v) is 8.72. The maximum absolute atomic E-state index is 12.8. The first-order chi connectivity index (χ1) is 8.10. The lowest BCUT2D eigenvalue weighted by molar-refractivity contribution is -0.136. The molecule has 0 saturated carbocycles. The normalized spacial score (nSPS) is 16.1. The quantitative estimate of drug-likeness (QED) is 0.724. The zero-order valence-electron chi connectivity index (χ0n) is 10.1. The summed E-state index contributed by atoms with van der Waals surface area (Å²) in [6.07, 6.45) is -3.51. The van der Waals surface area contributed by atoms with E-state index in [9.17, 15) is 13.2 Å². The predicted octanol–water partition coefficient (Wildman–Crippen LogP) is 3.35. The van der Waals surface area contributed by atoms with Crippen LogP contribution in [-0.2, 0) is 13.2 Å². The Kier molecular flexibility index (Phi) is 1.56. The number of rotatable bonds is 0. The van der Waals surface area contributed by atoms with E-state index in [1.54, 1.807) is 0 Å². The Bertz CT molecular complexity index is 603. The van der Waals surface area contributed by atoms with Gasteiger partial charge in [-0.25, -0.2) is 0 Å². The van der Waals surface area contributed by atoms with E-state index in [0.717, 1.165) is 12.3 Å². The van der Waals surface area contributed by atoms with Gasteiger partial charge in [-0.15, -0.1) is 0 Å². The van der Waals surface area contributed by atoms with Crippen molar-refractivity contribution in [2.75, 3.05) is 0 Å². The van der Waals surface area contributed by atoms with Crippen molar-refractivity contribution in [3.05, 3.63) is 28.4 Å². The van der Waals surface area contributed by atoms with Crippen LogP contribution in [0.15, 0.2) is 22.8 Å². The van der Waals surface area contributed by atoms with Gasteiger partial charge in [0.05, 0.1) is 5.56 Å². The van der Waals surface area contributed by atoms with E-state index in [2.05, 4.69) is 21.0 Å². The molecule has 2 aromatic rings. The Morgan fingerprint density at radius 1 is 1.47 bits per heavy atom. The first kappa shape index (κ1) is 7.27. The van der Waals surface area contributed by atoms with Crippen molar-refractivity contribution in [2.24, 2.45) is 6.98 Å². The van der Waals surface area contributed by atoms with Gasteiger partial charge in [-0.05, 0) is 12.1 Å². The number of halogens is 4. The second-order valence-electron chi connectivity index (χ2n) is 2.93. The van der Waals surface area contributed by atoms with Crippen LogP contribution in [0.1, 0.15) is 9.68 Å². The van der Waals surface area contributed by atoms with Crippen molar-refractivity contribution in [1.29, 1.82) is 0 Å². The van der Waals surface area contributed by atoms with Crippen LogP contribution in [0.5, 0.6) is 0 Å². The Balaban J connectivity index is 2.78. The smallest absolute Gasteiger partial charge is 0.275 e. The molecule has 2 nitrogen and oxygen atoms in total. The first-order valence-corrected chi connectivity index (χ1v) is 4.65. The summed E-state index contributed by atoms with van der Waals surface area (Å²) < 4.78 is 60.6. The third kappa shape index (κ3) is 1.73. The number of benzene rings is 1. The largest absolute Gasteiger partial charge is 0.418 e. The molecule has 0 spiro atoms. The number of hydrogen-bond donors (Lipinski definition) is 0. The molecule has 0 unspecified atom stereocenters. The van der Waals surface area contributed by atoms with Gasteiger partial charge in [0.2, 0.25) is 0 Å². The molecule has 0 N–H and O–H groups in total. The molecule has 0 saturated heterocycles. The molecule has 0 aliphatic rings. The highest BCUT2D eigenvalue weighted by Crippen LogP contribution is 2.36. The topological polar surface area (TPSA) is 17.8 Å². The summed E-state index contributed by atoms with van der Waals surface area (Å²) >= 11 is 3.07. The zero-order chi connectivity index (χ0) is 13.7. The van der Waals surface area contributed by atoms with E-state index in [0.29, 0.717) is 9.15 Å². The monoisotopic (exact) mass is 281 g/mol. The molecule has 1 aromatic heterocycles. The van der Waals surface area contributed by atoms with Crippen LogP contribution < -0.4 is 0 Å². The van der Waals surface area contributed by atoms with Crippen molar-refractivity contribution in [3.63, 3.8) is 0 Å². The van der Waals surface area contributed by atoms with Gasteiger partial charge in [0.15, 0.2) is 0 Å². The molecule has 6 heteroatoms. The van der Waals surface area contributed by atoms with E-state index in [1.807, 2.05) is 0 Å². The Hall–Kier alpha value is -1.04. The minimum Gasteiger partial charge on any atom is -0.275 e. The van der Waals surface area contributed by atoms with Gasteiger partial charge < -0.3 is 0 Å². The van der Waals surface area contributed by atoms with Crippen LogP contribution in [0, 0.1) is 0 Å². The van der Waals surface area contributed by atoms with E-state index >= 15 is 0 Å². The van der Waals surface area contributed by atoms with Crippen molar-refractivity contribution in [2.45, 2.75) is 6.18 Å². The number of nitrogens with zero attached hydrogens (tertiary/aromatic N) is 2. The van der Waals surface area contributed by atoms with Gasteiger partial charge in [-0.3, -0.25) is 4.68 Å². The number of hydrogen-bond acceptors (Lipinski definition) is 1. The summed E-state index contributed by atoms with van der Waals surface area (Å²) in [6.45, 7) is -2.61. The summed E-state index contributed by atoms with van der Waals surface area (Å²) in [6, 6.07) is 2.08. The minimum atomic E-state index is -4.58. The molecule has 15 heavy (non-hydrogen) atoms. The van der Waals surface area contributed by atoms with Crippen LogP contribution in [0.4, 0.5) is 13.2 Å². The number of aryl methyl sites for hydroxylation is 1. The minimum absolute atomic E-state index is 0.112. The SMILES string of the molecule is [2H]C([2H])([2H])n1cc2c(Br)ccc(C(F)(F)F)c2n1. The lowest BCUT2D eigenvalue weighted by Gasteiger charge is -2.07. The van der Waals surface area contributed by atoms with Gasteiger partial charge in [-0.1, -0.05) is 15.9 Å². The lowest BCUT2D eigenvalue weighted by atomic mass is 10.1. The van der Waals surface area contributed by atoms with Gasteiger partial charge >= 0.3 is 6.18 Å². The summed E-state index contributed by atoms with van der Waals surface area (Å²) in [5.74, 6) is 0. The van der Waals surface area contributed by atoms with Crippen LogP contribution in [0.3, 0.4) is 0 Å². The molecule has 0 aliphatic carbocycles. The molecule has 0 aliphatic heterocycles. The summed E-state index contributed by atoms with van der Waals surface area (Å²) in [5, 5.41) is 3.63. The third-order valence-corrected chi connectivity index (χ3v) is 2.62. The maximum atomic E-state index is 12.8. The highest BCUT2D eigenvalue weighted by molar-refractivity contribution is 9.10. The maximum Gasteiger partial charge on any atom is 0.418 e. The van der Waals surface area contributed by atoms with E-state index < -0.39 is 18.7 Å². The Morgan fingerprint density at radius 2 is 2.20 bits per heavy atom. The fraction of sp³-hybridized carbons (Fsp3) is 0.222. The molecule has 1 aromatic carbocycles. The highest BCUT2D eigenvalue weighted by atomic mass is 79.9. The number of aromatic nitrogens is 2. The molecule has 0 fully saturated rings. The molecule has 2 rings (SSSR count). The van der Waals surface area contributed by atoms with Gasteiger partial charge in [0, 0.05) is 27.1 Å². The average molecular weight is 282 g/mol. The van der Waals surface area contributed by atoms with E-state index in [4.69, 9.17) is 4.11 Å². The summed E-state index contributed by atoms with van der Waals surface area (Å²) in [5.41, 5.74) is -1.34. The van der Waals surface area contributed by atoms with Crippen molar-refractivity contribution in [1.82, 2.24) is 9.78 Å². The fourth-order valence-corrected chi connectivity index (χ4v) is 1.72. The van der Waals surface area contributed by atoms with Gasteiger partial charge in [0.1, 0.15) is 5.52 Å². The molecule has 0 atom stereocenters. The summed E-state index contributed by atoms with van der Waals surface area (Å²) in [7, 11) is 0. The van der Waals surface area contributed by atoms with E-state index in [1.165, 1.54) is 6.07 Å².